The van der Waals surface area contributed by atoms with Gasteiger partial charge in [-0.15, -0.1) is 0 Å². The molecule has 0 spiro atoms. The number of rotatable bonds is 11. The van der Waals surface area contributed by atoms with E-state index in [9.17, 15) is 41.8 Å². The summed E-state index contributed by atoms with van der Waals surface area (Å²) >= 11 is 0. The van der Waals surface area contributed by atoms with Crippen LogP contribution in [0.15, 0.2) is 6.07 Å². The molecular formula is C32H44F4N2O6. The summed E-state index contributed by atoms with van der Waals surface area (Å²) < 4.78 is 59.2. The highest BCUT2D eigenvalue weighted by molar-refractivity contribution is 5.95. The van der Waals surface area contributed by atoms with E-state index in [0.29, 0.717) is 18.8 Å². The minimum Gasteiger partial charge on any atom is -0.481 e. The molecule has 8 nitrogen and oxygen atoms in total. The molecule has 1 aromatic rings. The molecule has 0 bridgehead atoms. The average molecular weight is 629 g/mol. The molecule has 2 aliphatic rings. The molecule has 44 heavy (non-hydrogen) atoms. The van der Waals surface area contributed by atoms with Crippen molar-refractivity contribution in [3.63, 3.8) is 0 Å². The molecule has 0 aromatic heterocycles. The van der Waals surface area contributed by atoms with Gasteiger partial charge in [0, 0.05) is 12.0 Å². The van der Waals surface area contributed by atoms with Gasteiger partial charge < -0.3 is 20.5 Å². The fourth-order valence-corrected chi connectivity index (χ4v) is 6.45. The summed E-state index contributed by atoms with van der Waals surface area (Å²) in [4.78, 5) is 49.8. The quantitative estimate of drug-likeness (QED) is 0.204. The van der Waals surface area contributed by atoms with Crippen LogP contribution < -0.4 is 15.4 Å². The van der Waals surface area contributed by atoms with Gasteiger partial charge >= 0.3 is 5.97 Å². The lowest BCUT2D eigenvalue weighted by atomic mass is 9.76. The largest absolute Gasteiger partial charge is 0.481 e. The second-order valence-corrected chi connectivity index (χ2v) is 12.2. The zero-order valence-electron chi connectivity index (χ0n) is 25.3. The first-order valence-electron chi connectivity index (χ1n) is 15.8. The first-order valence-corrected chi connectivity index (χ1v) is 15.8. The SMILES string of the molecule is C[C@H](NC(=O)C1CCCC(C2CCCCCCCC2)CCC1)C(=O)N[C@@H](CC(=O)O)C(=O)COc1c(F)c(F)cc(F)c1F. The molecule has 12 heteroatoms. The third-order valence-electron chi connectivity index (χ3n) is 8.96. The number of hydrogen-bond acceptors (Lipinski definition) is 5. The van der Waals surface area contributed by atoms with E-state index in [1.165, 1.54) is 58.3 Å². The normalized spacial score (nSPS) is 21.8. The monoisotopic (exact) mass is 628 g/mol. The Morgan fingerprint density at radius 1 is 0.795 bits per heavy atom. The van der Waals surface area contributed by atoms with Crippen LogP contribution in [0.3, 0.4) is 0 Å². The van der Waals surface area contributed by atoms with Crippen molar-refractivity contribution in [3.05, 3.63) is 29.3 Å². The maximum atomic E-state index is 13.9. The van der Waals surface area contributed by atoms with Crippen LogP contribution in [0.5, 0.6) is 5.75 Å². The van der Waals surface area contributed by atoms with Crippen molar-refractivity contribution in [1.82, 2.24) is 10.6 Å². The van der Waals surface area contributed by atoms with Crippen molar-refractivity contribution >= 4 is 23.6 Å². The lowest BCUT2D eigenvalue weighted by Gasteiger charge is -2.31. The molecular weight excluding hydrogens is 584 g/mol. The number of Topliss-reactive ketones (excluding diaryl/α,β-unsaturated/α-hetero) is 1. The van der Waals surface area contributed by atoms with Crippen LogP contribution in [0.4, 0.5) is 17.6 Å². The fourth-order valence-electron chi connectivity index (χ4n) is 6.45. The van der Waals surface area contributed by atoms with Gasteiger partial charge in [-0.05, 0) is 31.6 Å². The second kappa shape index (κ2) is 17.3. The standard InChI is InChI=1S/C32H44F4N2O6/c1-19(37-32(43)22-14-8-12-21(13-9-15-22)20-10-6-4-2-3-5-7-11-20)31(42)38-25(17-27(40)41)26(39)18-44-30-28(35)23(33)16-24(34)29(30)36/h16,19-22,25H,2-15,17-18H2,1H3,(H,37,43)(H,38,42)(H,40,41)/t19-,21?,22?,25-/m0/s1. The number of ketones is 1. The summed E-state index contributed by atoms with van der Waals surface area (Å²) in [6.07, 6.45) is 15.0. The number of hydrogen-bond donors (Lipinski definition) is 3. The highest BCUT2D eigenvalue weighted by Crippen LogP contribution is 2.36. The van der Waals surface area contributed by atoms with Gasteiger partial charge in [-0.2, -0.15) is 8.78 Å². The maximum absolute atomic E-state index is 13.9. The number of carbonyl (C=O) groups excluding carboxylic acids is 3. The summed E-state index contributed by atoms with van der Waals surface area (Å²) in [6.45, 7) is 0.210. The molecule has 0 heterocycles. The molecule has 3 N–H and O–H groups in total. The first kappa shape index (κ1) is 35.3. The predicted octanol–water partition coefficient (Wildman–Crippen LogP) is 5.99. The molecule has 0 aliphatic heterocycles. The number of ether oxygens (including phenoxy) is 1. The molecule has 2 aliphatic carbocycles. The van der Waals surface area contributed by atoms with Crippen LogP contribution >= 0.6 is 0 Å². The van der Waals surface area contributed by atoms with Gasteiger partial charge in [-0.25, -0.2) is 8.78 Å². The lowest BCUT2D eigenvalue weighted by Crippen LogP contribution is -2.52. The van der Waals surface area contributed by atoms with Crippen molar-refractivity contribution in [2.75, 3.05) is 6.61 Å². The fraction of sp³-hybridized carbons (Fsp3) is 0.688. The first-order chi connectivity index (χ1) is 21.0. The van der Waals surface area contributed by atoms with E-state index < -0.39 is 71.8 Å². The van der Waals surface area contributed by atoms with Gasteiger partial charge in [0.2, 0.25) is 23.4 Å². The van der Waals surface area contributed by atoms with Crippen molar-refractivity contribution < 1.29 is 46.6 Å². The van der Waals surface area contributed by atoms with E-state index in [-0.39, 0.29) is 17.9 Å². The number of nitrogens with one attached hydrogen (secondary N) is 2. The van der Waals surface area contributed by atoms with E-state index >= 15 is 0 Å². The molecule has 0 radical (unpaired) electrons. The van der Waals surface area contributed by atoms with Crippen LogP contribution in [0.2, 0.25) is 0 Å². The summed E-state index contributed by atoms with van der Waals surface area (Å²) in [6, 6.07) is -2.84. The second-order valence-electron chi connectivity index (χ2n) is 12.2. The Morgan fingerprint density at radius 3 is 1.82 bits per heavy atom. The van der Waals surface area contributed by atoms with Crippen LogP contribution in [-0.2, 0) is 19.2 Å². The highest BCUT2D eigenvalue weighted by Gasteiger charge is 2.31. The molecule has 2 atom stereocenters. The van der Waals surface area contributed by atoms with Gasteiger partial charge in [-0.1, -0.05) is 77.0 Å². The molecule has 246 valence electrons. The van der Waals surface area contributed by atoms with Crippen molar-refractivity contribution in [3.8, 4) is 5.75 Å². The third kappa shape index (κ3) is 10.5. The summed E-state index contributed by atoms with van der Waals surface area (Å²) in [5.74, 6) is -11.3. The Labute approximate surface area is 255 Å². The number of carboxylic acid groups (broad SMARTS) is 1. The van der Waals surface area contributed by atoms with Crippen molar-refractivity contribution in [2.45, 2.75) is 115 Å². The van der Waals surface area contributed by atoms with Gasteiger partial charge in [-0.3, -0.25) is 19.2 Å². The van der Waals surface area contributed by atoms with Gasteiger partial charge in [0.05, 0.1) is 6.42 Å². The molecule has 2 fully saturated rings. The number of carboxylic acids is 1. The number of carbonyl (C=O) groups is 4. The number of aliphatic carboxylic acids is 1. The lowest BCUT2D eigenvalue weighted by molar-refractivity contribution is -0.141. The highest BCUT2D eigenvalue weighted by atomic mass is 19.2. The summed E-state index contributed by atoms with van der Waals surface area (Å²) in [5.41, 5.74) is 0. The van der Waals surface area contributed by atoms with E-state index in [1.807, 2.05) is 0 Å². The molecule has 0 unspecified atom stereocenters. The maximum Gasteiger partial charge on any atom is 0.305 e. The Bertz CT molecular complexity index is 1120. The zero-order valence-corrected chi connectivity index (χ0v) is 25.3. The van der Waals surface area contributed by atoms with Crippen molar-refractivity contribution in [2.24, 2.45) is 17.8 Å². The van der Waals surface area contributed by atoms with Crippen LogP contribution in [0.25, 0.3) is 0 Å². The molecule has 1 aromatic carbocycles. The minimum absolute atomic E-state index is 0.0315. The minimum atomic E-state index is -1.87. The third-order valence-corrected chi connectivity index (χ3v) is 8.96. The van der Waals surface area contributed by atoms with Gasteiger partial charge in [0.15, 0.2) is 23.2 Å². The molecule has 2 saturated carbocycles. The topological polar surface area (TPSA) is 122 Å². The Hall–Kier alpha value is -3.18. The zero-order chi connectivity index (χ0) is 32.2. The molecule has 3 rings (SSSR count). The summed E-state index contributed by atoms with van der Waals surface area (Å²) in [5, 5.41) is 14.1. The predicted molar refractivity (Wildman–Crippen MR) is 154 cm³/mol. The number of amides is 2. The molecule has 0 saturated heterocycles. The van der Waals surface area contributed by atoms with E-state index in [2.05, 4.69) is 15.4 Å². The Morgan fingerprint density at radius 2 is 1.30 bits per heavy atom. The van der Waals surface area contributed by atoms with E-state index in [1.54, 1.807) is 0 Å². The van der Waals surface area contributed by atoms with Crippen LogP contribution in [0.1, 0.15) is 103 Å². The Kier molecular flexibility index (Phi) is 13.9. The smallest absolute Gasteiger partial charge is 0.305 e. The molecule has 2 amide bonds. The number of benzene rings is 1. The van der Waals surface area contributed by atoms with Crippen LogP contribution in [0, 0.1) is 41.0 Å². The van der Waals surface area contributed by atoms with Crippen LogP contribution in [-0.4, -0.2) is 47.4 Å². The van der Waals surface area contributed by atoms with E-state index in [0.717, 1.165) is 31.6 Å². The van der Waals surface area contributed by atoms with Gasteiger partial charge in [0.25, 0.3) is 0 Å². The number of halogens is 4. The van der Waals surface area contributed by atoms with Crippen molar-refractivity contribution in [1.29, 1.82) is 0 Å². The average Bonchev–Trinajstić information content (AvgIpc) is 3.09. The van der Waals surface area contributed by atoms with Gasteiger partial charge in [0.1, 0.15) is 18.7 Å². The van der Waals surface area contributed by atoms with E-state index in [4.69, 9.17) is 0 Å². The summed E-state index contributed by atoms with van der Waals surface area (Å²) in [7, 11) is 0. The Balaban J connectivity index is 1.51.